The zero-order valence-electron chi connectivity index (χ0n) is 32.1. The van der Waals surface area contributed by atoms with E-state index in [1.807, 2.05) is 0 Å². The molecule has 0 aromatic heterocycles. The van der Waals surface area contributed by atoms with Crippen LogP contribution in [0.4, 0.5) is 0 Å². The summed E-state index contributed by atoms with van der Waals surface area (Å²) in [7, 11) is 0. The molecule has 0 heterocycles. The SMILES string of the molecule is CCCCCCCC/C=C\CCCCCCCC(=O)OC=C(C)CCC[C@@H](C)[C@H]1CC[C@H]2[C@@H]3CCC4CCCC[C@]4(C)[C@H]3CC[C@]12C. The van der Waals surface area contributed by atoms with Gasteiger partial charge in [0.2, 0.25) is 0 Å². The number of unbranched alkanes of at least 4 members (excludes halogenated alkanes) is 11. The Morgan fingerprint density at radius 2 is 1.40 bits per heavy atom. The van der Waals surface area contributed by atoms with Crippen molar-refractivity contribution in [3.63, 3.8) is 0 Å². The van der Waals surface area contributed by atoms with Gasteiger partial charge in [-0.25, -0.2) is 0 Å². The molecule has 0 aromatic carbocycles. The lowest BCUT2D eigenvalue weighted by atomic mass is 9.44. The molecule has 2 nitrogen and oxygen atoms in total. The quantitative estimate of drug-likeness (QED) is 0.0535. The molecule has 0 bridgehead atoms. The van der Waals surface area contributed by atoms with Gasteiger partial charge in [0.05, 0.1) is 6.26 Å². The Kier molecular flexibility index (Phi) is 16.5. The van der Waals surface area contributed by atoms with E-state index in [1.54, 1.807) is 6.26 Å². The summed E-state index contributed by atoms with van der Waals surface area (Å²) in [5.74, 6) is 5.69. The highest BCUT2D eigenvalue weighted by atomic mass is 16.5. The molecular formula is C45H78O2. The molecule has 4 fully saturated rings. The minimum atomic E-state index is -0.0491. The molecule has 270 valence electrons. The van der Waals surface area contributed by atoms with E-state index in [1.165, 1.54) is 153 Å². The van der Waals surface area contributed by atoms with Gasteiger partial charge < -0.3 is 4.74 Å². The Morgan fingerprint density at radius 1 is 0.723 bits per heavy atom. The van der Waals surface area contributed by atoms with Crippen molar-refractivity contribution in [3.8, 4) is 0 Å². The lowest BCUT2D eigenvalue weighted by Gasteiger charge is -2.61. The van der Waals surface area contributed by atoms with Crippen molar-refractivity contribution in [1.29, 1.82) is 0 Å². The van der Waals surface area contributed by atoms with Gasteiger partial charge in [-0.1, -0.05) is 110 Å². The van der Waals surface area contributed by atoms with Gasteiger partial charge in [0.15, 0.2) is 0 Å². The highest BCUT2D eigenvalue weighted by Gasteiger charge is 2.60. The molecule has 47 heavy (non-hydrogen) atoms. The minimum absolute atomic E-state index is 0.0491. The van der Waals surface area contributed by atoms with Gasteiger partial charge >= 0.3 is 5.97 Å². The van der Waals surface area contributed by atoms with Gasteiger partial charge in [-0.15, -0.1) is 0 Å². The van der Waals surface area contributed by atoms with Crippen LogP contribution in [0.25, 0.3) is 0 Å². The molecule has 0 saturated heterocycles. The maximum atomic E-state index is 12.3. The summed E-state index contributed by atoms with van der Waals surface area (Å²) in [6.45, 7) is 12.4. The maximum absolute atomic E-state index is 12.3. The van der Waals surface area contributed by atoms with Crippen molar-refractivity contribution in [2.24, 2.45) is 46.3 Å². The highest BCUT2D eigenvalue weighted by molar-refractivity contribution is 5.69. The summed E-state index contributed by atoms with van der Waals surface area (Å²) in [6.07, 6.45) is 42.4. The van der Waals surface area contributed by atoms with Crippen molar-refractivity contribution >= 4 is 5.97 Å². The van der Waals surface area contributed by atoms with Crippen LogP contribution in [0.3, 0.4) is 0 Å². The van der Waals surface area contributed by atoms with Crippen LogP contribution in [0.2, 0.25) is 0 Å². The number of ether oxygens (including phenoxy) is 1. The number of hydrogen-bond donors (Lipinski definition) is 0. The molecule has 8 atom stereocenters. The maximum Gasteiger partial charge on any atom is 0.310 e. The molecule has 2 heteroatoms. The number of allylic oxidation sites excluding steroid dienone is 3. The summed E-state index contributed by atoms with van der Waals surface area (Å²) in [4.78, 5) is 12.3. The number of esters is 1. The monoisotopic (exact) mass is 651 g/mol. The van der Waals surface area contributed by atoms with E-state index in [2.05, 4.69) is 46.8 Å². The van der Waals surface area contributed by atoms with Gasteiger partial charge in [0.25, 0.3) is 0 Å². The fraction of sp³-hybridized carbons (Fsp3) is 0.889. The lowest BCUT2D eigenvalue weighted by molar-refractivity contribution is -0.138. The van der Waals surface area contributed by atoms with E-state index in [-0.39, 0.29) is 5.97 Å². The number of rotatable bonds is 21. The van der Waals surface area contributed by atoms with Crippen LogP contribution in [0.15, 0.2) is 24.0 Å². The van der Waals surface area contributed by atoms with E-state index >= 15 is 0 Å². The molecule has 4 saturated carbocycles. The summed E-state index contributed by atoms with van der Waals surface area (Å²) in [6, 6.07) is 0. The second-order valence-electron chi connectivity index (χ2n) is 17.8. The van der Waals surface area contributed by atoms with E-state index in [4.69, 9.17) is 4.74 Å². The van der Waals surface area contributed by atoms with E-state index in [9.17, 15) is 4.79 Å². The first-order valence-electron chi connectivity index (χ1n) is 21.3. The molecule has 4 aliphatic rings. The summed E-state index contributed by atoms with van der Waals surface area (Å²) in [5, 5.41) is 0. The zero-order valence-corrected chi connectivity index (χ0v) is 32.1. The van der Waals surface area contributed by atoms with E-state index in [0.29, 0.717) is 17.3 Å². The molecule has 1 unspecified atom stereocenters. The molecule has 0 radical (unpaired) electrons. The molecular weight excluding hydrogens is 572 g/mol. The smallest absolute Gasteiger partial charge is 0.310 e. The Hall–Kier alpha value is -1.05. The first-order chi connectivity index (χ1) is 22.8. The molecule has 0 aromatic rings. The summed E-state index contributed by atoms with van der Waals surface area (Å²) in [5.41, 5.74) is 2.45. The van der Waals surface area contributed by atoms with Crippen LogP contribution in [-0.4, -0.2) is 5.97 Å². The molecule has 4 aliphatic carbocycles. The topological polar surface area (TPSA) is 26.3 Å². The van der Waals surface area contributed by atoms with Crippen LogP contribution >= 0.6 is 0 Å². The minimum Gasteiger partial charge on any atom is -0.435 e. The third kappa shape index (κ3) is 11.0. The standard InChI is InChI=1S/C45H78O2/c1-6-7-8-9-10-11-12-13-14-15-16-17-18-19-20-27-43(46)47-35-36(2)24-23-25-37(3)40-30-31-41-39-29-28-38-26-21-22-33-44(38,4)42(39)32-34-45(40,41)5/h13-14,35,37-42H,6-12,15-34H2,1-5H3/b14-13-,36-35?/t37-,38?,39+,40-,41+,42+,44+,45-/m1/s1. The number of carbonyl (C=O) groups excluding carboxylic acids is 1. The van der Waals surface area contributed by atoms with Gasteiger partial charge in [-0.2, -0.15) is 0 Å². The van der Waals surface area contributed by atoms with Crippen LogP contribution in [0.5, 0.6) is 0 Å². The van der Waals surface area contributed by atoms with Gasteiger partial charge in [-0.05, 0) is 155 Å². The van der Waals surface area contributed by atoms with Gasteiger partial charge in [0, 0.05) is 6.42 Å². The number of carbonyl (C=O) groups is 1. The Balaban J connectivity index is 1.03. The second-order valence-corrected chi connectivity index (χ2v) is 17.8. The summed E-state index contributed by atoms with van der Waals surface area (Å²) >= 11 is 0. The van der Waals surface area contributed by atoms with Gasteiger partial charge in [0.1, 0.15) is 0 Å². The predicted molar refractivity (Wildman–Crippen MR) is 202 cm³/mol. The lowest BCUT2D eigenvalue weighted by Crippen LogP contribution is -2.53. The van der Waals surface area contributed by atoms with Crippen molar-refractivity contribution in [2.45, 2.75) is 208 Å². The first kappa shape index (κ1) is 38.7. The Bertz CT molecular complexity index is 963. The zero-order chi connectivity index (χ0) is 33.5. The molecule has 0 spiro atoms. The molecule has 0 N–H and O–H groups in total. The van der Waals surface area contributed by atoms with Crippen molar-refractivity contribution in [3.05, 3.63) is 24.0 Å². The molecule has 0 amide bonds. The van der Waals surface area contributed by atoms with Crippen molar-refractivity contribution in [2.75, 3.05) is 0 Å². The van der Waals surface area contributed by atoms with Crippen molar-refractivity contribution in [1.82, 2.24) is 0 Å². The average molecular weight is 651 g/mol. The highest BCUT2D eigenvalue weighted by Crippen LogP contribution is 2.68. The largest absolute Gasteiger partial charge is 0.435 e. The Labute approximate surface area is 293 Å². The van der Waals surface area contributed by atoms with Gasteiger partial charge in [-0.3, -0.25) is 4.79 Å². The van der Waals surface area contributed by atoms with Crippen LogP contribution < -0.4 is 0 Å². The third-order valence-electron chi connectivity index (χ3n) is 14.6. The number of fused-ring (bicyclic) bond motifs is 5. The molecule has 0 aliphatic heterocycles. The van der Waals surface area contributed by atoms with Crippen LogP contribution in [0.1, 0.15) is 208 Å². The average Bonchev–Trinajstić information content (AvgIpc) is 3.42. The molecule has 4 rings (SSSR count). The fourth-order valence-electron chi connectivity index (χ4n) is 11.8. The van der Waals surface area contributed by atoms with Crippen LogP contribution in [-0.2, 0) is 9.53 Å². The first-order valence-corrected chi connectivity index (χ1v) is 21.3. The van der Waals surface area contributed by atoms with Crippen molar-refractivity contribution < 1.29 is 9.53 Å². The second kappa shape index (κ2) is 20.0. The third-order valence-corrected chi connectivity index (χ3v) is 14.6. The fourth-order valence-corrected chi connectivity index (χ4v) is 11.8. The summed E-state index contributed by atoms with van der Waals surface area (Å²) < 4.78 is 5.55. The Morgan fingerprint density at radius 3 is 2.15 bits per heavy atom. The van der Waals surface area contributed by atoms with Crippen LogP contribution in [0, 0.1) is 46.3 Å². The normalized spacial score (nSPS) is 33.0. The van der Waals surface area contributed by atoms with E-state index < -0.39 is 0 Å². The van der Waals surface area contributed by atoms with E-state index in [0.717, 1.165) is 54.8 Å². The number of hydrogen-bond acceptors (Lipinski definition) is 2. The predicted octanol–water partition coefficient (Wildman–Crippen LogP) is 14.3.